The van der Waals surface area contributed by atoms with E-state index >= 15 is 0 Å². The van der Waals surface area contributed by atoms with Gasteiger partial charge < -0.3 is 0 Å². The fourth-order valence-electron chi connectivity index (χ4n) is 2.54. The summed E-state index contributed by atoms with van der Waals surface area (Å²) >= 11 is 0. The van der Waals surface area contributed by atoms with Gasteiger partial charge in [-0.25, -0.2) is 0 Å². The van der Waals surface area contributed by atoms with Crippen molar-refractivity contribution < 1.29 is 4.79 Å². The van der Waals surface area contributed by atoms with E-state index in [9.17, 15) is 4.79 Å². The molecule has 1 nitrogen and oxygen atoms in total. The molecule has 0 saturated heterocycles. The Balaban J connectivity index is 2.42. The highest BCUT2D eigenvalue weighted by Gasteiger charge is 2.54. The van der Waals surface area contributed by atoms with E-state index < -0.39 is 0 Å². The summed E-state index contributed by atoms with van der Waals surface area (Å²) in [6, 6.07) is 0. The lowest BCUT2D eigenvalue weighted by Gasteiger charge is -2.54. The molecule has 1 saturated carbocycles. The van der Waals surface area contributed by atoms with Gasteiger partial charge in [0.15, 0.2) is 5.78 Å². The van der Waals surface area contributed by atoms with E-state index in [0.29, 0.717) is 11.7 Å². The molecule has 1 fully saturated rings. The number of allylic oxidation sites excluding steroid dienone is 3. The predicted molar refractivity (Wildman–Crippen MR) is 48.7 cm³/mol. The van der Waals surface area contributed by atoms with Gasteiger partial charge >= 0.3 is 0 Å². The van der Waals surface area contributed by atoms with Crippen molar-refractivity contribution in [1.82, 2.24) is 0 Å². The van der Waals surface area contributed by atoms with Crippen molar-refractivity contribution in [2.24, 2.45) is 17.3 Å². The van der Waals surface area contributed by atoms with Crippen LogP contribution in [0.3, 0.4) is 0 Å². The lowest BCUT2D eigenvalue weighted by atomic mass is 9.48. The number of rotatable bonds is 1. The summed E-state index contributed by atoms with van der Waals surface area (Å²) in [5.41, 5.74) is 1.34. The number of carbonyl (C=O) groups excluding carboxylic acids is 1. The molecule has 0 aromatic rings. The fourth-order valence-corrected chi connectivity index (χ4v) is 2.54. The van der Waals surface area contributed by atoms with Crippen molar-refractivity contribution in [2.75, 3.05) is 0 Å². The monoisotopic (exact) mass is 162 g/mol. The minimum atomic E-state index is 0.190. The first-order valence-electron chi connectivity index (χ1n) is 4.45. The summed E-state index contributed by atoms with van der Waals surface area (Å²) in [6.07, 6.45) is 4.65. The van der Waals surface area contributed by atoms with E-state index in [-0.39, 0.29) is 11.3 Å². The Labute approximate surface area is 73.2 Å². The van der Waals surface area contributed by atoms with Crippen molar-refractivity contribution in [3.8, 4) is 0 Å². The van der Waals surface area contributed by atoms with Crippen LogP contribution in [0, 0.1) is 17.3 Å². The van der Waals surface area contributed by atoms with Crippen LogP contribution in [0.1, 0.15) is 20.3 Å². The summed E-state index contributed by atoms with van der Waals surface area (Å²) < 4.78 is 0. The van der Waals surface area contributed by atoms with Gasteiger partial charge in [0.25, 0.3) is 0 Å². The van der Waals surface area contributed by atoms with Gasteiger partial charge in [-0.15, -0.1) is 0 Å². The number of hydrogen-bond acceptors (Lipinski definition) is 1. The Morgan fingerprint density at radius 1 is 1.58 bits per heavy atom. The first-order chi connectivity index (χ1) is 5.57. The second kappa shape index (κ2) is 2.09. The minimum absolute atomic E-state index is 0.190. The Bertz CT molecular complexity index is 283. The van der Waals surface area contributed by atoms with E-state index in [2.05, 4.69) is 20.4 Å². The smallest absolute Gasteiger partial charge is 0.159 e. The molecule has 0 radical (unpaired) electrons. The fraction of sp³-hybridized carbons (Fsp3) is 0.545. The SMILES string of the molecule is C=CC1=CC(=O)C2CC1C2(C)C. The van der Waals surface area contributed by atoms with Gasteiger partial charge in [0, 0.05) is 5.92 Å². The molecular weight excluding hydrogens is 148 g/mol. The second-order valence-corrected chi connectivity index (χ2v) is 4.41. The van der Waals surface area contributed by atoms with Crippen LogP contribution in [0.2, 0.25) is 0 Å². The average molecular weight is 162 g/mol. The zero-order valence-electron chi connectivity index (χ0n) is 7.63. The average Bonchev–Trinajstić information content (AvgIpc) is 2.02. The highest BCUT2D eigenvalue weighted by Crippen LogP contribution is 2.57. The van der Waals surface area contributed by atoms with E-state index in [1.165, 1.54) is 0 Å². The van der Waals surface area contributed by atoms with Crippen LogP contribution in [-0.2, 0) is 4.79 Å². The van der Waals surface area contributed by atoms with Crippen molar-refractivity contribution >= 4 is 5.78 Å². The molecule has 0 aromatic heterocycles. The molecular formula is C11H14O. The first kappa shape index (κ1) is 7.78. The van der Waals surface area contributed by atoms with Gasteiger partial charge in [-0.3, -0.25) is 4.79 Å². The second-order valence-electron chi connectivity index (χ2n) is 4.41. The van der Waals surface area contributed by atoms with Gasteiger partial charge in [0.1, 0.15) is 0 Å². The summed E-state index contributed by atoms with van der Waals surface area (Å²) in [5.74, 6) is 1.17. The van der Waals surface area contributed by atoms with Crippen LogP contribution in [0.5, 0.6) is 0 Å². The van der Waals surface area contributed by atoms with Crippen LogP contribution < -0.4 is 0 Å². The van der Waals surface area contributed by atoms with E-state index in [4.69, 9.17) is 0 Å². The van der Waals surface area contributed by atoms with Crippen LogP contribution >= 0.6 is 0 Å². The molecule has 0 spiro atoms. The molecule has 0 aliphatic heterocycles. The Kier molecular flexibility index (Phi) is 1.36. The molecule has 0 aromatic carbocycles. The molecule has 3 aliphatic carbocycles. The standard InChI is InChI=1S/C11H14O/c1-4-7-5-10(12)9-6-8(7)11(9,2)3/h4-5,8-9H,1,6H2,2-3H3. The maximum atomic E-state index is 11.5. The van der Waals surface area contributed by atoms with Crippen LogP contribution in [0.25, 0.3) is 0 Å². The Hall–Kier alpha value is -0.850. The van der Waals surface area contributed by atoms with Gasteiger partial charge in [-0.2, -0.15) is 0 Å². The zero-order chi connectivity index (χ0) is 8.93. The first-order valence-corrected chi connectivity index (χ1v) is 4.45. The zero-order valence-corrected chi connectivity index (χ0v) is 7.63. The van der Waals surface area contributed by atoms with Crippen molar-refractivity contribution in [3.63, 3.8) is 0 Å². The topological polar surface area (TPSA) is 17.1 Å². The largest absolute Gasteiger partial charge is 0.295 e. The lowest BCUT2D eigenvalue weighted by Crippen LogP contribution is -2.52. The van der Waals surface area contributed by atoms with E-state index in [0.717, 1.165) is 12.0 Å². The lowest BCUT2D eigenvalue weighted by molar-refractivity contribution is -0.133. The third kappa shape index (κ3) is 0.715. The van der Waals surface area contributed by atoms with Gasteiger partial charge in [-0.05, 0) is 29.4 Å². The Morgan fingerprint density at radius 3 is 2.67 bits per heavy atom. The number of ketones is 1. The summed E-state index contributed by atoms with van der Waals surface area (Å²) in [4.78, 5) is 11.5. The molecule has 0 amide bonds. The predicted octanol–water partition coefficient (Wildman–Crippen LogP) is 2.34. The Morgan fingerprint density at radius 2 is 2.25 bits per heavy atom. The number of hydrogen-bond donors (Lipinski definition) is 0. The molecule has 3 rings (SSSR count). The number of carbonyl (C=O) groups is 1. The van der Waals surface area contributed by atoms with E-state index in [1.807, 2.05) is 6.08 Å². The van der Waals surface area contributed by atoms with Crippen molar-refractivity contribution in [2.45, 2.75) is 20.3 Å². The van der Waals surface area contributed by atoms with Gasteiger partial charge in [0.2, 0.25) is 0 Å². The molecule has 0 heterocycles. The third-order valence-corrected chi connectivity index (χ3v) is 3.56. The minimum Gasteiger partial charge on any atom is -0.295 e. The molecule has 2 unspecified atom stereocenters. The summed E-state index contributed by atoms with van der Waals surface area (Å²) in [7, 11) is 0. The molecule has 1 heteroatoms. The van der Waals surface area contributed by atoms with Crippen LogP contribution in [-0.4, -0.2) is 5.78 Å². The van der Waals surface area contributed by atoms with E-state index in [1.54, 1.807) is 6.08 Å². The van der Waals surface area contributed by atoms with Crippen molar-refractivity contribution in [3.05, 3.63) is 24.3 Å². The normalized spacial score (nSPS) is 36.8. The molecule has 0 N–H and O–H groups in total. The molecule has 3 aliphatic rings. The van der Waals surface area contributed by atoms with Crippen molar-refractivity contribution in [1.29, 1.82) is 0 Å². The highest BCUT2D eigenvalue weighted by atomic mass is 16.1. The molecule has 12 heavy (non-hydrogen) atoms. The third-order valence-electron chi connectivity index (χ3n) is 3.56. The van der Waals surface area contributed by atoms with Crippen LogP contribution in [0.15, 0.2) is 24.3 Å². The van der Waals surface area contributed by atoms with Gasteiger partial charge in [0.05, 0.1) is 0 Å². The summed E-state index contributed by atoms with van der Waals surface area (Å²) in [6.45, 7) is 8.10. The maximum absolute atomic E-state index is 11.5. The van der Waals surface area contributed by atoms with Gasteiger partial charge in [-0.1, -0.05) is 26.5 Å². The quantitative estimate of drug-likeness (QED) is 0.578. The van der Waals surface area contributed by atoms with Crippen LogP contribution in [0.4, 0.5) is 0 Å². The molecule has 64 valence electrons. The molecule has 2 bridgehead atoms. The summed E-state index contributed by atoms with van der Waals surface area (Å²) in [5, 5.41) is 0. The number of fused-ring (bicyclic) bond motifs is 1. The molecule has 2 atom stereocenters. The maximum Gasteiger partial charge on any atom is 0.159 e. The highest BCUT2D eigenvalue weighted by molar-refractivity contribution is 5.96.